The van der Waals surface area contributed by atoms with Crippen LogP contribution in [0.25, 0.3) is 11.0 Å². The van der Waals surface area contributed by atoms with Crippen molar-refractivity contribution in [2.75, 3.05) is 7.05 Å². The van der Waals surface area contributed by atoms with Crippen molar-refractivity contribution in [2.45, 2.75) is 26.6 Å². The van der Waals surface area contributed by atoms with Crippen LogP contribution in [0.3, 0.4) is 0 Å². The monoisotopic (exact) mass is 405 g/mol. The molecule has 0 fully saturated rings. The maximum atomic E-state index is 13.5. The number of hydrogen-bond donors (Lipinski definition) is 2. The van der Waals surface area contributed by atoms with E-state index in [2.05, 4.69) is 32.9 Å². The van der Waals surface area contributed by atoms with E-state index in [-0.39, 0.29) is 5.82 Å². The molecule has 4 rings (SSSR count). The van der Waals surface area contributed by atoms with Crippen molar-refractivity contribution in [1.29, 1.82) is 0 Å². The van der Waals surface area contributed by atoms with E-state index in [1.54, 1.807) is 19.3 Å². The highest BCUT2D eigenvalue weighted by molar-refractivity contribution is 5.83. The third-order valence-corrected chi connectivity index (χ3v) is 5.09. The van der Waals surface area contributed by atoms with E-state index in [1.807, 2.05) is 36.0 Å². The van der Waals surface area contributed by atoms with Crippen LogP contribution in [-0.4, -0.2) is 22.8 Å². The molecule has 2 heterocycles. The average Bonchev–Trinajstić information content (AvgIpc) is 3.37. The largest absolute Gasteiger partial charge is 0.459 e. The Morgan fingerprint density at radius 2 is 1.90 bits per heavy atom. The molecular weight excluding hydrogens is 381 g/mol. The summed E-state index contributed by atoms with van der Waals surface area (Å²) in [6, 6.07) is 14.7. The topological polar surface area (TPSA) is 67.4 Å². The number of aliphatic imine (C=N–C) groups is 1. The molecular formula is C23H24FN5O. The lowest BCUT2D eigenvalue weighted by Crippen LogP contribution is -2.36. The lowest BCUT2D eigenvalue weighted by Gasteiger charge is -2.14. The first-order valence-electron chi connectivity index (χ1n) is 9.80. The number of aryl methyl sites for hydroxylation is 1. The van der Waals surface area contributed by atoms with Gasteiger partial charge in [0.15, 0.2) is 5.96 Å². The van der Waals surface area contributed by atoms with Crippen LogP contribution in [0.1, 0.15) is 22.5 Å². The molecule has 2 N–H and O–H groups in total. The maximum Gasteiger partial charge on any atom is 0.191 e. The van der Waals surface area contributed by atoms with Gasteiger partial charge in [0.2, 0.25) is 0 Å². The van der Waals surface area contributed by atoms with Gasteiger partial charge in [-0.2, -0.15) is 5.10 Å². The minimum absolute atomic E-state index is 0.267. The number of halogens is 1. The quantitative estimate of drug-likeness (QED) is 0.376. The van der Waals surface area contributed by atoms with Crippen LogP contribution >= 0.6 is 0 Å². The van der Waals surface area contributed by atoms with Crippen molar-refractivity contribution in [2.24, 2.45) is 4.99 Å². The van der Waals surface area contributed by atoms with Crippen LogP contribution in [0, 0.1) is 12.7 Å². The SMILES string of the molecule is CN=C(NCc1ccccc1Cn1cccn1)NCc1oc2ccc(F)cc2c1C. The van der Waals surface area contributed by atoms with Crippen molar-refractivity contribution in [1.82, 2.24) is 20.4 Å². The van der Waals surface area contributed by atoms with E-state index in [0.29, 0.717) is 31.2 Å². The Labute approximate surface area is 174 Å². The third-order valence-electron chi connectivity index (χ3n) is 5.09. The fourth-order valence-corrected chi connectivity index (χ4v) is 3.43. The molecule has 0 spiro atoms. The van der Waals surface area contributed by atoms with E-state index >= 15 is 0 Å². The van der Waals surface area contributed by atoms with E-state index < -0.39 is 0 Å². The summed E-state index contributed by atoms with van der Waals surface area (Å²) in [6.07, 6.45) is 3.73. The fraction of sp³-hybridized carbons (Fsp3) is 0.217. The molecule has 4 aromatic rings. The number of nitrogens with zero attached hydrogens (tertiary/aromatic N) is 3. The first-order valence-corrected chi connectivity index (χ1v) is 9.80. The summed E-state index contributed by atoms with van der Waals surface area (Å²) >= 11 is 0. The van der Waals surface area contributed by atoms with Crippen molar-refractivity contribution in [3.8, 4) is 0 Å². The summed E-state index contributed by atoms with van der Waals surface area (Å²) in [5.41, 5.74) is 3.98. The highest BCUT2D eigenvalue weighted by Gasteiger charge is 2.12. The molecule has 0 aliphatic carbocycles. The van der Waals surface area contributed by atoms with Gasteiger partial charge in [0, 0.05) is 36.9 Å². The van der Waals surface area contributed by atoms with E-state index in [1.165, 1.54) is 23.3 Å². The Hall–Kier alpha value is -3.61. The molecule has 0 saturated heterocycles. The zero-order valence-corrected chi connectivity index (χ0v) is 17.0. The summed E-state index contributed by atoms with van der Waals surface area (Å²) < 4.78 is 21.3. The summed E-state index contributed by atoms with van der Waals surface area (Å²) in [4.78, 5) is 4.30. The van der Waals surface area contributed by atoms with E-state index in [4.69, 9.17) is 4.42 Å². The Morgan fingerprint density at radius 3 is 2.67 bits per heavy atom. The number of furan rings is 1. The predicted octanol–water partition coefficient (Wildman–Crippen LogP) is 3.99. The molecule has 6 nitrogen and oxygen atoms in total. The number of fused-ring (bicyclic) bond motifs is 1. The first kappa shape index (κ1) is 19.7. The number of guanidine groups is 1. The third kappa shape index (κ3) is 4.35. The molecule has 30 heavy (non-hydrogen) atoms. The normalized spacial score (nSPS) is 11.8. The van der Waals surface area contributed by atoms with Gasteiger partial charge in [0.05, 0.1) is 13.1 Å². The van der Waals surface area contributed by atoms with Gasteiger partial charge in [-0.3, -0.25) is 9.67 Å². The summed E-state index contributed by atoms with van der Waals surface area (Å²) in [5.74, 6) is 1.16. The fourth-order valence-electron chi connectivity index (χ4n) is 3.43. The molecule has 0 bridgehead atoms. The Bertz CT molecular complexity index is 1160. The molecule has 0 atom stereocenters. The second-order valence-electron chi connectivity index (χ2n) is 7.04. The summed E-state index contributed by atoms with van der Waals surface area (Å²) in [7, 11) is 1.73. The Kier molecular flexibility index (Phi) is 5.79. The minimum Gasteiger partial charge on any atom is -0.459 e. The van der Waals surface area contributed by atoms with Crippen molar-refractivity contribution in [3.63, 3.8) is 0 Å². The molecule has 0 unspecified atom stereocenters. The van der Waals surface area contributed by atoms with Crippen molar-refractivity contribution >= 4 is 16.9 Å². The van der Waals surface area contributed by atoms with Gasteiger partial charge in [-0.1, -0.05) is 24.3 Å². The van der Waals surface area contributed by atoms with Crippen LogP contribution in [0.2, 0.25) is 0 Å². The highest BCUT2D eigenvalue weighted by atomic mass is 19.1. The molecule has 0 radical (unpaired) electrons. The molecule has 0 aliphatic heterocycles. The van der Waals surface area contributed by atoms with Crippen molar-refractivity contribution in [3.05, 3.63) is 89.2 Å². The lowest BCUT2D eigenvalue weighted by atomic mass is 10.1. The van der Waals surface area contributed by atoms with Gasteiger partial charge in [-0.15, -0.1) is 0 Å². The number of benzene rings is 2. The van der Waals surface area contributed by atoms with Crippen LogP contribution in [0.15, 0.2) is 70.3 Å². The maximum absolute atomic E-state index is 13.5. The van der Waals surface area contributed by atoms with Crippen molar-refractivity contribution < 1.29 is 8.81 Å². The zero-order chi connectivity index (χ0) is 20.9. The highest BCUT2D eigenvalue weighted by Crippen LogP contribution is 2.25. The number of nitrogens with one attached hydrogen (secondary N) is 2. The smallest absolute Gasteiger partial charge is 0.191 e. The number of hydrogen-bond acceptors (Lipinski definition) is 3. The average molecular weight is 405 g/mol. The van der Waals surface area contributed by atoms with Gasteiger partial charge in [0.25, 0.3) is 0 Å². The molecule has 0 amide bonds. The van der Waals surface area contributed by atoms with Gasteiger partial charge in [-0.05, 0) is 42.3 Å². The van der Waals surface area contributed by atoms with Crippen LogP contribution in [0.5, 0.6) is 0 Å². The second kappa shape index (κ2) is 8.82. The molecule has 0 saturated carbocycles. The van der Waals surface area contributed by atoms with Gasteiger partial charge in [-0.25, -0.2) is 4.39 Å². The molecule has 7 heteroatoms. The predicted molar refractivity (Wildman–Crippen MR) is 116 cm³/mol. The molecule has 2 aromatic carbocycles. The number of rotatable bonds is 6. The molecule has 0 aliphatic rings. The number of aromatic nitrogens is 2. The summed E-state index contributed by atoms with van der Waals surface area (Å²) in [5, 5.41) is 11.7. The first-order chi connectivity index (χ1) is 14.6. The standard InChI is InChI=1S/C23H24FN5O/c1-16-20-12-19(24)8-9-21(20)30-22(16)14-27-23(25-2)26-13-17-6-3-4-7-18(17)15-29-11-5-10-28-29/h3-12H,13-15H2,1-2H3,(H2,25,26,27). The Morgan fingerprint density at radius 1 is 1.10 bits per heavy atom. The minimum atomic E-state index is -0.267. The van der Waals surface area contributed by atoms with Gasteiger partial charge >= 0.3 is 0 Å². The molecule has 2 aromatic heterocycles. The van der Waals surface area contributed by atoms with Gasteiger partial charge in [0.1, 0.15) is 17.2 Å². The molecule has 154 valence electrons. The summed E-state index contributed by atoms with van der Waals surface area (Å²) in [6.45, 7) is 3.73. The Balaban J connectivity index is 1.40. The van der Waals surface area contributed by atoms with E-state index in [9.17, 15) is 4.39 Å². The van der Waals surface area contributed by atoms with E-state index in [0.717, 1.165) is 16.7 Å². The second-order valence-corrected chi connectivity index (χ2v) is 7.04. The lowest BCUT2D eigenvalue weighted by molar-refractivity contribution is 0.534. The van der Waals surface area contributed by atoms with Crippen LogP contribution < -0.4 is 10.6 Å². The van der Waals surface area contributed by atoms with Gasteiger partial charge < -0.3 is 15.1 Å². The van der Waals surface area contributed by atoms with Crippen LogP contribution in [0.4, 0.5) is 4.39 Å². The van der Waals surface area contributed by atoms with Crippen LogP contribution in [-0.2, 0) is 19.6 Å². The zero-order valence-electron chi connectivity index (χ0n) is 17.0.